The third-order valence-electron chi connectivity index (χ3n) is 2.93. The summed E-state index contributed by atoms with van der Waals surface area (Å²) in [5.41, 5.74) is 1.87. The third kappa shape index (κ3) is 1.97. The van der Waals surface area contributed by atoms with Crippen molar-refractivity contribution in [2.45, 2.75) is 13.5 Å². The van der Waals surface area contributed by atoms with E-state index in [1.165, 1.54) is 10.9 Å². The van der Waals surface area contributed by atoms with Gasteiger partial charge in [-0.3, -0.25) is 9.88 Å². The van der Waals surface area contributed by atoms with Crippen molar-refractivity contribution in [2.24, 2.45) is 0 Å². The Kier molecular flexibility index (Phi) is 2.75. The largest absolute Gasteiger partial charge is 0.333 e. The number of nitrogens with one attached hydrogen (secondary N) is 1. The minimum atomic E-state index is -0.275. The maximum atomic E-state index is 12.0. The first-order valence-electron chi connectivity index (χ1n) is 6.04. The molecule has 0 radical (unpaired) electrons. The first-order valence-corrected chi connectivity index (χ1v) is 6.04. The molecule has 0 unspecified atom stereocenters. The minimum absolute atomic E-state index is 0.275. The SMILES string of the molecule is CCn1c(NC(=O)n2ccnc2)nc2ccccc21. The van der Waals surface area contributed by atoms with Crippen LogP contribution in [0.3, 0.4) is 0 Å². The summed E-state index contributed by atoms with van der Waals surface area (Å²) in [6, 6.07) is 7.52. The molecular weight excluding hydrogens is 242 g/mol. The lowest BCUT2D eigenvalue weighted by molar-refractivity contribution is 0.253. The van der Waals surface area contributed by atoms with Crippen LogP contribution in [0.15, 0.2) is 43.0 Å². The Balaban J connectivity index is 1.99. The number of benzene rings is 1. The Labute approximate surface area is 109 Å². The fourth-order valence-electron chi connectivity index (χ4n) is 2.03. The van der Waals surface area contributed by atoms with Gasteiger partial charge in [0.1, 0.15) is 6.33 Å². The van der Waals surface area contributed by atoms with Crippen LogP contribution in [0.5, 0.6) is 0 Å². The zero-order valence-corrected chi connectivity index (χ0v) is 10.4. The van der Waals surface area contributed by atoms with E-state index in [1.54, 1.807) is 12.4 Å². The number of fused-ring (bicyclic) bond motifs is 1. The molecule has 0 atom stereocenters. The van der Waals surface area contributed by atoms with Crippen molar-refractivity contribution in [3.63, 3.8) is 0 Å². The van der Waals surface area contributed by atoms with Gasteiger partial charge in [-0.2, -0.15) is 0 Å². The number of hydrogen-bond acceptors (Lipinski definition) is 3. The Morgan fingerprint density at radius 3 is 2.95 bits per heavy atom. The van der Waals surface area contributed by atoms with Crippen LogP contribution >= 0.6 is 0 Å². The molecule has 0 saturated carbocycles. The molecule has 3 rings (SSSR count). The van der Waals surface area contributed by atoms with Crippen molar-refractivity contribution in [2.75, 3.05) is 5.32 Å². The molecule has 96 valence electrons. The van der Waals surface area contributed by atoms with Gasteiger partial charge in [-0.05, 0) is 19.1 Å². The average molecular weight is 255 g/mol. The molecule has 0 aliphatic carbocycles. The van der Waals surface area contributed by atoms with Gasteiger partial charge in [0, 0.05) is 18.9 Å². The lowest BCUT2D eigenvalue weighted by Crippen LogP contribution is -2.20. The van der Waals surface area contributed by atoms with E-state index in [9.17, 15) is 4.79 Å². The van der Waals surface area contributed by atoms with Crippen LogP contribution in [0.4, 0.5) is 10.7 Å². The second-order valence-corrected chi connectivity index (χ2v) is 4.07. The van der Waals surface area contributed by atoms with Gasteiger partial charge in [-0.1, -0.05) is 12.1 Å². The van der Waals surface area contributed by atoms with Crippen molar-refractivity contribution in [1.29, 1.82) is 0 Å². The number of amides is 1. The molecule has 2 aromatic heterocycles. The average Bonchev–Trinajstić information content (AvgIpc) is 3.05. The molecule has 1 amide bonds. The number of para-hydroxylation sites is 2. The molecule has 1 aromatic carbocycles. The molecule has 0 spiro atoms. The Morgan fingerprint density at radius 2 is 2.21 bits per heavy atom. The predicted octanol–water partition coefficient (Wildman–Crippen LogP) is 2.33. The summed E-state index contributed by atoms with van der Waals surface area (Å²) in [7, 11) is 0. The molecule has 6 heteroatoms. The number of anilines is 1. The van der Waals surface area contributed by atoms with Crippen LogP contribution < -0.4 is 5.32 Å². The van der Waals surface area contributed by atoms with Crippen molar-refractivity contribution in [3.8, 4) is 0 Å². The number of carbonyl (C=O) groups excluding carboxylic acids is 1. The highest BCUT2D eigenvalue weighted by molar-refractivity contribution is 5.91. The van der Waals surface area contributed by atoms with E-state index < -0.39 is 0 Å². The molecule has 0 aliphatic rings. The van der Waals surface area contributed by atoms with Gasteiger partial charge in [0.25, 0.3) is 0 Å². The van der Waals surface area contributed by atoms with Crippen LogP contribution in [0, 0.1) is 0 Å². The minimum Gasteiger partial charge on any atom is -0.310 e. The number of nitrogens with zero attached hydrogens (tertiary/aromatic N) is 4. The summed E-state index contributed by atoms with van der Waals surface area (Å²) in [6.07, 6.45) is 4.60. The number of aryl methyl sites for hydroxylation is 1. The van der Waals surface area contributed by atoms with Crippen LogP contribution in [-0.4, -0.2) is 25.1 Å². The number of hydrogen-bond donors (Lipinski definition) is 1. The van der Waals surface area contributed by atoms with E-state index in [0.717, 1.165) is 17.6 Å². The first kappa shape index (κ1) is 11.5. The van der Waals surface area contributed by atoms with Crippen LogP contribution in [0.2, 0.25) is 0 Å². The standard InChI is InChI=1S/C13H13N5O/c1-2-18-11-6-4-3-5-10(11)15-12(18)16-13(19)17-8-7-14-9-17/h3-9H,2H2,1H3,(H,15,16,19). The first-order chi connectivity index (χ1) is 9.29. The van der Waals surface area contributed by atoms with E-state index in [4.69, 9.17) is 0 Å². The Bertz CT molecular complexity index is 714. The number of rotatable bonds is 2. The number of imidazole rings is 2. The molecule has 0 bridgehead atoms. The molecule has 2 heterocycles. The maximum absolute atomic E-state index is 12.0. The zero-order chi connectivity index (χ0) is 13.2. The van der Waals surface area contributed by atoms with E-state index >= 15 is 0 Å². The lowest BCUT2D eigenvalue weighted by Gasteiger charge is -2.07. The van der Waals surface area contributed by atoms with Crippen LogP contribution in [0.1, 0.15) is 6.92 Å². The van der Waals surface area contributed by atoms with Gasteiger partial charge in [-0.25, -0.2) is 14.8 Å². The Hall–Kier alpha value is -2.63. The van der Waals surface area contributed by atoms with E-state index in [-0.39, 0.29) is 6.03 Å². The summed E-state index contributed by atoms with van der Waals surface area (Å²) >= 11 is 0. The van der Waals surface area contributed by atoms with Crippen molar-refractivity contribution < 1.29 is 4.79 Å². The summed E-state index contributed by atoms with van der Waals surface area (Å²) in [4.78, 5) is 20.3. The third-order valence-corrected chi connectivity index (χ3v) is 2.93. The molecule has 6 nitrogen and oxygen atoms in total. The second kappa shape index (κ2) is 4.56. The van der Waals surface area contributed by atoms with Crippen molar-refractivity contribution in [1.82, 2.24) is 19.1 Å². The van der Waals surface area contributed by atoms with Gasteiger partial charge in [0.2, 0.25) is 5.95 Å². The molecule has 3 aromatic rings. The second-order valence-electron chi connectivity index (χ2n) is 4.07. The van der Waals surface area contributed by atoms with Gasteiger partial charge in [0.15, 0.2) is 0 Å². The van der Waals surface area contributed by atoms with E-state index in [0.29, 0.717) is 5.95 Å². The summed E-state index contributed by atoms with van der Waals surface area (Å²) in [6.45, 7) is 2.75. The monoisotopic (exact) mass is 255 g/mol. The normalized spacial score (nSPS) is 10.8. The maximum Gasteiger partial charge on any atom is 0.333 e. The fraction of sp³-hybridized carbons (Fsp3) is 0.154. The van der Waals surface area contributed by atoms with Gasteiger partial charge in [-0.15, -0.1) is 0 Å². The molecule has 0 aliphatic heterocycles. The smallest absolute Gasteiger partial charge is 0.310 e. The van der Waals surface area contributed by atoms with Crippen LogP contribution in [-0.2, 0) is 6.54 Å². The lowest BCUT2D eigenvalue weighted by atomic mass is 10.3. The summed E-state index contributed by atoms with van der Waals surface area (Å²) < 4.78 is 3.34. The highest BCUT2D eigenvalue weighted by Crippen LogP contribution is 2.19. The Morgan fingerprint density at radius 1 is 1.37 bits per heavy atom. The van der Waals surface area contributed by atoms with Crippen molar-refractivity contribution in [3.05, 3.63) is 43.0 Å². The van der Waals surface area contributed by atoms with E-state index in [2.05, 4.69) is 15.3 Å². The van der Waals surface area contributed by atoms with Gasteiger partial charge in [0.05, 0.1) is 11.0 Å². The summed E-state index contributed by atoms with van der Waals surface area (Å²) in [5.74, 6) is 0.544. The van der Waals surface area contributed by atoms with Crippen LogP contribution in [0.25, 0.3) is 11.0 Å². The quantitative estimate of drug-likeness (QED) is 0.764. The molecule has 0 fully saturated rings. The number of carbonyl (C=O) groups is 1. The molecular formula is C13H13N5O. The summed E-state index contributed by atoms with van der Waals surface area (Å²) in [5, 5.41) is 2.79. The van der Waals surface area contributed by atoms with Crippen molar-refractivity contribution >= 4 is 23.0 Å². The number of aromatic nitrogens is 4. The zero-order valence-electron chi connectivity index (χ0n) is 10.4. The highest BCUT2D eigenvalue weighted by Gasteiger charge is 2.12. The van der Waals surface area contributed by atoms with Gasteiger partial charge >= 0.3 is 6.03 Å². The fourth-order valence-corrected chi connectivity index (χ4v) is 2.03. The van der Waals surface area contributed by atoms with Gasteiger partial charge < -0.3 is 4.57 Å². The highest BCUT2D eigenvalue weighted by atomic mass is 16.2. The molecule has 1 N–H and O–H groups in total. The molecule has 0 saturated heterocycles. The topological polar surface area (TPSA) is 64.7 Å². The van der Waals surface area contributed by atoms with E-state index in [1.807, 2.05) is 35.8 Å². The molecule has 19 heavy (non-hydrogen) atoms. The predicted molar refractivity (Wildman–Crippen MR) is 72.1 cm³/mol.